The summed E-state index contributed by atoms with van der Waals surface area (Å²) < 4.78 is 38.0. The van der Waals surface area contributed by atoms with Crippen molar-refractivity contribution in [2.24, 2.45) is 0 Å². The number of hydrogen-bond acceptors (Lipinski definition) is 6. The highest BCUT2D eigenvalue weighted by molar-refractivity contribution is 5.56. The number of halogens is 3. The minimum absolute atomic E-state index is 0.278. The molecule has 0 fully saturated rings. The Hall–Kier alpha value is -2.58. The third-order valence-electron chi connectivity index (χ3n) is 3.67. The molecule has 0 aliphatic carbocycles. The Bertz CT molecular complexity index is 699. The van der Waals surface area contributed by atoms with E-state index in [1.165, 1.54) is 12.1 Å². The quantitative estimate of drug-likeness (QED) is 0.724. The van der Waals surface area contributed by atoms with Crippen molar-refractivity contribution < 1.29 is 13.2 Å². The molecule has 0 radical (unpaired) electrons. The summed E-state index contributed by atoms with van der Waals surface area (Å²) in [5, 5.41) is 6.06. The Balaban J connectivity index is 2.27. The van der Waals surface area contributed by atoms with Crippen molar-refractivity contribution in [3.63, 3.8) is 0 Å². The molecule has 142 valence electrons. The first kappa shape index (κ1) is 19.7. The lowest BCUT2D eigenvalue weighted by atomic mass is 10.2. The maximum Gasteiger partial charge on any atom is 0.416 e. The molecule has 9 heteroatoms. The molecule has 1 heterocycles. The van der Waals surface area contributed by atoms with Gasteiger partial charge in [0.2, 0.25) is 17.8 Å². The van der Waals surface area contributed by atoms with E-state index in [2.05, 4.69) is 25.6 Å². The van der Waals surface area contributed by atoms with Gasteiger partial charge in [0, 0.05) is 25.3 Å². The summed E-state index contributed by atoms with van der Waals surface area (Å²) >= 11 is 0. The molecule has 0 spiro atoms. The topological polar surface area (TPSA) is 66.0 Å². The van der Waals surface area contributed by atoms with Crippen LogP contribution < -0.4 is 15.5 Å². The average Bonchev–Trinajstić information content (AvgIpc) is 2.60. The van der Waals surface area contributed by atoms with Gasteiger partial charge in [-0.15, -0.1) is 0 Å². The molecule has 0 saturated heterocycles. The number of hydrogen-bond donors (Lipinski definition) is 2. The highest BCUT2D eigenvalue weighted by atomic mass is 19.4. The van der Waals surface area contributed by atoms with Crippen LogP contribution in [-0.4, -0.2) is 34.6 Å². The van der Waals surface area contributed by atoms with Gasteiger partial charge < -0.3 is 15.5 Å². The average molecular weight is 368 g/mol. The van der Waals surface area contributed by atoms with E-state index in [9.17, 15) is 13.2 Å². The molecule has 26 heavy (non-hydrogen) atoms. The standard InChI is InChI=1S/C17H23F3N6/c1-4-11-21-14-23-15(25-16(24-14)26(5-2)6-3)22-13-9-7-12(8-10-13)17(18,19)20/h7-10H,4-6,11H2,1-3H3,(H2,21,22,23,24,25). The third-order valence-corrected chi connectivity index (χ3v) is 3.67. The zero-order valence-electron chi connectivity index (χ0n) is 15.1. The van der Waals surface area contributed by atoms with Gasteiger partial charge in [0.25, 0.3) is 0 Å². The maximum absolute atomic E-state index is 12.7. The van der Waals surface area contributed by atoms with E-state index in [4.69, 9.17) is 0 Å². The van der Waals surface area contributed by atoms with Crippen molar-refractivity contribution >= 4 is 23.5 Å². The first-order valence-corrected chi connectivity index (χ1v) is 8.56. The predicted octanol–water partition coefficient (Wildman–Crippen LogP) is 4.30. The summed E-state index contributed by atoms with van der Waals surface area (Å²) in [6, 6.07) is 4.74. The van der Waals surface area contributed by atoms with Gasteiger partial charge in [-0.1, -0.05) is 6.92 Å². The minimum atomic E-state index is -4.36. The van der Waals surface area contributed by atoms with Gasteiger partial charge in [0.05, 0.1) is 5.56 Å². The lowest BCUT2D eigenvalue weighted by Crippen LogP contribution is -2.25. The van der Waals surface area contributed by atoms with Crippen molar-refractivity contribution in [2.75, 3.05) is 35.2 Å². The summed E-state index contributed by atoms with van der Waals surface area (Å²) in [5.74, 6) is 1.22. The molecule has 1 aromatic heterocycles. The zero-order valence-corrected chi connectivity index (χ0v) is 15.1. The van der Waals surface area contributed by atoms with Crippen LogP contribution in [0, 0.1) is 0 Å². The molecule has 0 bridgehead atoms. The Morgan fingerprint density at radius 3 is 2.08 bits per heavy atom. The van der Waals surface area contributed by atoms with Crippen molar-refractivity contribution in [1.29, 1.82) is 0 Å². The molecule has 0 saturated carbocycles. The summed E-state index contributed by atoms with van der Waals surface area (Å²) in [6.45, 7) is 8.19. The first-order valence-electron chi connectivity index (χ1n) is 8.56. The number of rotatable bonds is 8. The number of nitrogens with zero attached hydrogens (tertiary/aromatic N) is 4. The number of anilines is 4. The molecular weight excluding hydrogens is 345 g/mol. The van der Waals surface area contributed by atoms with Gasteiger partial charge in [-0.25, -0.2) is 0 Å². The Morgan fingerprint density at radius 2 is 1.54 bits per heavy atom. The van der Waals surface area contributed by atoms with Crippen LogP contribution in [0.5, 0.6) is 0 Å². The summed E-state index contributed by atoms with van der Waals surface area (Å²) in [7, 11) is 0. The molecule has 6 nitrogen and oxygen atoms in total. The molecular formula is C17H23F3N6. The molecule has 0 unspecified atom stereocenters. The Labute approximate surface area is 150 Å². The molecule has 2 N–H and O–H groups in total. The molecule has 0 aliphatic rings. The molecule has 2 aromatic rings. The molecule has 0 amide bonds. The monoisotopic (exact) mass is 368 g/mol. The number of benzene rings is 1. The second-order valence-corrected chi connectivity index (χ2v) is 5.58. The maximum atomic E-state index is 12.7. The van der Waals surface area contributed by atoms with Gasteiger partial charge in [0.15, 0.2) is 0 Å². The van der Waals surface area contributed by atoms with Crippen molar-refractivity contribution in [2.45, 2.75) is 33.4 Å². The number of aromatic nitrogens is 3. The van der Waals surface area contributed by atoms with Crippen LogP contribution >= 0.6 is 0 Å². The highest BCUT2D eigenvalue weighted by Crippen LogP contribution is 2.30. The minimum Gasteiger partial charge on any atom is -0.354 e. The van der Waals surface area contributed by atoms with E-state index in [-0.39, 0.29) is 5.95 Å². The second kappa shape index (κ2) is 8.68. The normalized spacial score (nSPS) is 11.3. The lowest BCUT2D eigenvalue weighted by molar-refractivity contribution is -0.137. The van der Waals surface area contributed by atoms with Gasteiger partial charge in [0.1, 0.15) is 0 Å². The van der Waals surface area contributed by atoms with Crippen molar-refractivity contribution in [3.8, 4) is 0 Å². The highest BCUT2D eigenvalue weighted by Gasteiger charge is 2.29. The van der Waals surface area contributed by atoms with Crippen LogP contribution in [0.4, 0.5) is 36.7 Å². The fourth-order valence-electron chi connectivity index (χ4n) is 2.26. The zero-order chi connectivity index (χ0) is 19.2. The van der Waals surface area contributed by atoms with Crippen LogP contribution in [0.25, 0.3) is 0 Å². The molecule has 0 aliphatic heterocycles. The van der Waals surface area contributed by atoms with Crippen LogP contribution in [0.3, 0.4) is 0 Å². The third kappa shape index (κ3) is 5.21. The fourth-order valence-corrected chi connectivity index (χ4v) is 2.26. The molecule has 0 atom stereocenters. The van der Waals surface area contributed by atoms with Crippen LogP contribution in [-0.2, 0) is 6.18 Å². The Morgan fingerprint density at radius 1 is 0.923 bits per heavy atom. The second-order valence-electron chi connectivity index (χ2n) is 5.58. The van der Waals surface area contributed by atoms with Crippen LogP contribution in [0.15, 0.2) is 24.3 Å². The van der Waals surface area contributed by atoms with E-state index in [0.29, 0.717) is 24.1 Å². The van der Waals surface area contributed by atoms with E-state index in [1.807, 2.05) is 25.7 Å². The Kier molecular flexibility index (Phi) is 6.59. The lowest BCUT2D eigenvalue weighted by Gasteiger charge is -2.20. The van der Waals surface area contributed by atoms with Crippen molar-refractivity contribution in [1.82, 2.24) is 15.0 Å². The van der Waals surface area contributed by atoms with E-state index >= 15 is 0 Å². The van der Waals surface area contributed by atoms with Crippen LogP contribution in [0.2, 0.25) is 0 Å². The van der Waals surface area contributed by atoms with Gasteiger partial charge >= 0.3 is 6.18 Å². The van der Waals surface area contributed by atoms with E-state index in [0.717, 1.165) is 31.6 Å². The SMILES string of the molecule is CCCNc1nc(Nc2ccc(C(F)(F)F)cc2)nc(N(CC)CC)n1. The van der Waals surface area contributed by atoms with E-state index in [1.54, 1.807) is 0 Å². The summed E-state index contributed by atoms with van der Waals surface area (Å²) in [6.07, 6.45) is -3.45. The summed E-state index contributed by atoms with van der Waals surface area (Å²) in [5.41, 5.74) is -0.232. The fraction of sp³-hybridized carbons (Fsp3) is 0.471. The summed E-state index contributed by atoms with van der Waals surface area (Å²) in [4.78, 5) is 15.0. The number of alkyl halides is 3. The molecule has 1 aromatic carbocycles. The smallest absolute Gasteiger partial charge is 0.354 e. The number of nitrogens with one attached hydrogen (secondary N) is 2. The van der Waals surface area contributed by atoms with Crippen LogP contribution in [0.1, 0.15) is 32.8 Å². The van der Waals surface area contributed by atoms with E-state index < -0.39 is 11.7 Å². The van der Waals surface area contributed by atoms with Gasteiger partial charge in [-0.2, -0.15) is 28.1 Å². The molecule has 2 rings (SSSR count). The van der Waals surface area contributed by atoms with Crippen molar-refractivity contribution in [3.05, 3.63) is 29.8 Å². The predicted molar refractivity (Wildman–Crippen MR) is 96.9 cm³/mol. The first-order chi connectivity index (χ1) is 12.4. The van der Waals surface area contributed by atoms with Gasteiger partial charge in [-0.05, 0) is 44.5 Å². The van der Waals surface area contributed by atoms with Gasteiger partial charge in [-0.3, -0.25) is 0 Å². The largest absolute Gasteiger partial charge is 0.416 e.